The number of amides is 1. The minimum atomic E-state index is -0.756. The summed E-state index contributed by atoms with van der Waals surface area (Å²) in [7, 11) is 1.95. The second kappa shape index (κ2) is 8.42. The number of rotatable bonds is 3. The Labute approximate surface area is 247 Å². The van der Waals surface area contributed by atoms with E-state index < -0.39 is 5.72 Å². The molecule has 2 aliphatic heterocycles. The van der Waals surface area contributed by atoms with Crippen molar-refractivity contribution in [2.45, 2.75) is 44.7 Å². The highest BCUT2D eigenvalue weighted by molar-refractivity contribution is 6.37. The molecule has 4 aromatic carbocycles. The van der Waals surface area contributed by atoms with Gasteiger partial charge in [0.05, 0.1) is 27.5 Å². The van der Waals surface area contributed by atoms with Crippen LogP contribution in [0.3, 0.4) is 0 Å². The van der Waals surface area contributed by atoms with E-state index in [4.69, 9.17) is 4.74 Å². The Bertz CT molecular complexity index is 2280. The first kappa shape index (κ1) is 24.8. The van der Waals surface area contributed by atoms with Gasteiger partial charge in [-0.3, -0.25) is 4.79 Å². The van der Waals surface area contributed by atoms with Crippen molar-refractivity contribution in [1.82, 2.24) is 19.0 Å². The van der Waals surface area contributed by atoms with E-state index in [2.05, 4.69) is 76.5 Å². The number of carbonyl (C=O) groups excluding carboxylic acids is 1. The number of para-hydroxylation sites is 2. The molecule has 0 spiro atoms. The van der Waals surface area contributed by atoms with E-state index in [-0.39, 0.29) is 30.0 Å². The van der Waals surface area contributed by atoms with Crippen molar-refractivity contribution in [3.8, 4) is 5.88 Å². The number of hydrogen-bond donors (Lipinski definition) is 2. The van der Waals surface area contributed by atoms with E-state index >= 15 is 0 Å². The van der Waals surface area contributed by atoms with Gasteiger partial charge in [0.1, 0.15) is 12.0 Å². The molecule has 7 nitrogen and oxygen atoms in total. The standard InChI is InChI=1S/C36H32N4O3/c1-4-24-27(38(3)35(42)20-12-6-5-7-13-20)18-28-39-25-16-10-8-14-21(25)30-31-23(19-37-34(31)41)29-22-15-9-11-17-26(22)40(33(29)32(30)39)36(24,2)43-28/h5-17,19,24,27-28,37,41H,4,18H2,1-3H3/t24-,27-,28-,36+/m1/s1. The van der Waals surface area contributed by atoms with Gasteiger partial charge in [-0.1, -0.05) is 61.5 Å². The van der Waals surface area contributed by atoms with Gasteiger partial charge in [-0.2, -0.15) is 0 Å². The molecule has 1 fully saturated rings. The number of benzene rings is 4. The van der Waals surface area contributed by atoms with Gasteiger partial charge < -0.3 is 28.9 Å². The van der Waals surface area contributed by atoms with E-state index in [9.17, 15) is 9.90 Å². The maximum Gasteiger partial charge on any atom is 0.253 e. The van der Waals surface area contributed by atoms with Crippen LogP contribution in [0.5, 0.6) is 5.88 Å². The van der Waals surface area contributed by atoms with Crippen LogP contribution in [0.1, 0.15) is 43.3 Å². The van der Waals surface area contributed by atoms with Crippen molar-refractivity contribution in [2.75, 3.05) is 7.05 Å². The zero-order chi connectivity index (χ0) is 29.2. The van der Waals surface area contributed by atoms with Gasteiger partial charge in [0.15, 0.2) is 5.88 Å². The number of aromatic amines is 1. The smallest absolute Gasteiger partial charge is 0.253 e. The monoisotopic (exact) mass is 568 g/mol. The second-order valence-corrected chi connectivity index (χ2v) is 12.3. The number of nitrogens with zero attached hydrogens (tertiary/aromatic N) is 3. The van der Waals surface area contributed by atoms with Gasteiger partial charge in [0.25, 0.3) is 5.91 Å². The van der Waals surface area contributed by atoms with E-state index in [1.165, 1.54) is 0 Å². The lowest BCUT2D eigenvalue weighted by molar-refractivity contribution is -0.237. The molecule has 2 aliphatic rings. The summed E-state index contributed by atoms with van der Waals surface area (Å²) in [6.45, 7) is 4.42. The molecule has 1 saturated heterocycles. The van der Waals surface area contributed by atoms with Crippen LogP contribution < -0.4 is 0 Å². The molecular formula is C36H32N4O3. The lowest BCUT2D eigenvalue weighted by Gasteiger charge is -2.51. The quantitative estimate of drug-likeness (QED) is 0.228. The third kappa shape index (κ3) is 2.95. The topological polar surface area (TPSA) is 75.4 Å². The summed E-state index contributed by atoms with van der Waals surface area (Å²) in [6, 6.07) is 26.4. The zero-order valence-electron chi connectivity index (χ0n) is 24.3. The fourth-order valence-corrected chi connectivity index (χ4v) is 8.64. The summed E-state index contributed by atoms with van der Waals surface area (Å²) in [6.07, 6.45) is 3.10. The van der Waals surface area contributed by atoms with Crippen molar-refractivity contribution in [3.63, 3.8) is 0 Å². The minimum Gasteiger partial charge on any atom is -0.494 e. The van der Waals surface area contributed by atoms with E-state index in [0.717, 1.165) is 60.8 Å². The summed E-state index contributed by atoms with van der Waals surface area (Å²) in [5.74, 6) is 0.211. The summed E-state index contributed by atoms with van der Waals surface area (Å²) >= 11 is 0. The van der Waals surface area contributed by atoms with Gasteiger partial charge in [-0.15, -0.1) is 0 Å². The van der Waals surface area contributed by atoms with Crippen LogP contribution in [-0.2, 0) is 10.5 Å². The van der Waals surface area contributed by atoms with Crippen LogP contribution in [0.15, 0.2) is 85.1 Å². The zero-order valence-corrected chi connectivity index (χ0v) is 24.3. The van der Waals surface area contributed by atoms with Crippen molar-refractivity contribution < 1.29 is 14.6 Å². The fraction of sp³-hybridized carbons (Fsp3) is 0.250. The Morgan fingerprint density at radius 2 is 1.60 bits per heavy atom. The van der Waals surface area contributed by atoms with Crippen LogP contribution >= 0.6 is 0 Å². The largest absolute Gasteiger partial charge is 0.494 e. The highest BCUT2D eigenvalue weighted by Crippen LogP contribution is 2.56. The van der Waals surface area contributed by atoms with Crippen LogP contribution in [0.4, 0.5) is 0 Å². The van der Waals surface area contributed by atoms with Gasteiger partial charge in [-0.25, -0.2) is 0 Å². The molecule has 0 aliphatic carbocycles. The van der Waals surface area contributed by atoms with Gasteiger partial charge in [0.2, 0.25) is 0 Å². The average Bonchev–Trinajstić information content (AvgIpc) is 3.68. The predicted molar refractivity (Wildman–Crippen MR) is 170 cm³/mol. The molecule has 7 heteroatoms. The number of nitrogens with one attached hydrogen (secondary N) is 1. The number of aromatic hydroxyl groups is 1. The molecule has 2 N–H and O–H groups in total. The number of ether oxygens (including phenoxy) is 1. The average molecular weight is 569 g/mol. The fourth-order valence-electron chi connectivity index (χ4n) is 8.64. The van der Waals surface area contributed by atoms with Crippen molar-refractivity contribution in [3.05, 3.63) is 90.6 Å². The molecule has 3 aromatic heterocycles. The molecular weight excluding hydrogens is 536 g/mol. The number of H-pyrrole nitrogens is 1. The Morgan fingerprint density at radius 3 is 2.35 bits per heavy atom. The number of aromatic nitrogens is 3. The van der Waals surface area contributed by atoms with E-state index in [1.54, 1.807) is 0 Å². The predicted octanol–water partition coefficient (Wildman–Crippen LogP) is 7.86. The molecule has 214 valence electrons. The Hall–Kier alpha value is -4.75. The molecule has 2 bridgehead atoms. The third-order valence-corrected chi connectivity index (χ3v) is 10.4. The molecule has 7 aromatic rings. The Balaban J connectivity index is 1.44. The summed E-state index contributed by atoms with van der Waals surface area (Å²) in [5.41, 5.74) is 4.26. The molecule has 4 atom stereocenters. The summed E-state index contributed by atoms with van der Waals surface area (Å²) in [5, 5.41) is 17.4. The molecule has 0 unspecified atom stereocenters. The van der Waals surface area contributed by atoms with E-state index in [0.29, 0.717) is 12.0 Å². The number of carbonyl (C=O) groups is 1. The molecule has 0 radical (unpaired) electrons. The first-order valence-corrected chi connectivity index (χ1v) is 15.1. The lowest BCUT2D eigenvalue weighted by atomic mass is 9.81. The van der Waals surface area contributed by atoms with Crippen molar-refractivity contribution in [2.24, 2.45) is 5.92 Å². The van der Waals surface area contributed by atoms with Crippen LogP contribution in [0.2, 0.25) is 0 Å². The van der Waals surface area contributed by atoms with Crippen LogP contribution in [0, 0.1) is 5.92 Å². The van der Waals surface area contributed by atoms with Crippen LogP contribution in [-0.4, -0.2) is 43.1 Å². The van der Waals surface area contributed by atoms with Crippen molar-refractivity contribution >= 4 is 60.3 Å². The number of hydrogen-bond acceptors (Lipinski definition) is 3. The molecule has 9 rings (SSSR count). The van der Waals surface area contributed by atoms with Gasteiger partial charge in [-0.05, 0) is 37.6 Å². The summed E-state index contributed by atoms with van der Waals surface area (Å²) < 4.78 is 12.1. The van der Waals surface area contributed by atoms with E-state index in [1.807, 2.05) is 48.5 Å². The minimum absolute atomic E-state index is 0.0154. The number of fused-ring (bicyclic) bond motifs is 13. The Morgan fingerprint density at radius 1 is 0.930 bits per heavy atom. The first-order chi connectivity index (χ1) is 20.9. The highest BCUT2D eigenvalue weighted by atomic mass is 16.5. The Kier molecular flexibility index (Phi) is 4.86. The molecule has 5 heterocycles. The van der Waals surface area contributed by atoms with Crippen molar-refractivity contribution in [1.29, 1.82) is 0 Å². The third-order valence-electron chi connectivity index (χ3n) is 10.4. The second-order valence-electron chi connectivity index (χ2n) is 12.3. The normalized spacial score (nSPS) is 23.2. The molecule has 1 amide bonds. The maximum absolute atomic E-state index is 13.9. The lowest BCUT2D eigenvalue weighted by Crippen LogP contribution is -2.57. The molecule has 0 saturated carbocycles. The molecule has 43 heavy (non-hydrogen) atoms. The van der Waals surface area contributed by atoms with Crippen LogP contribution in [0.25, 0.3) is 54.4 Å². The first-order valence-electron chi connectivity index (χ1n) is 15.1. The van der Waals surface area contributed by atoms with Gasteiger partial charge >= 0.3 is 0 Å². The summed E-state index contributed by atoms with van der Waals surface area (Å²) in [4.78, 5) is 19.0. The highest BCUT2D eigenvalue weighted by Gasteiger charge is 2.53. The van der Waals surface area contributed by atoms with Gasteiger partial charge in [0, 0.05) is 64.1 Å². The SMILES string of the molecule is CC[C@@H]1[C@H](N(C)C(=O)c2ccccc2)C[C@H]2O[C@]1(C)n1c3ccccc3c3c4c[nH]c(O)c4c4c5ccccc5n2c4c31. The maximum atomic E-state index is 13.9.